The normalized spacial score (nSPS) is 12.6. The minimum atomic E-state index is 0.379. The second-order valence-electron chi connectivity index (χ2n) is 5.25. The zero-order chi connectivity index (χ0) is 14.5. The number of nitrogens with one attached hydrogen (secondary N) is 1. The van der Waals surface area contributed by atoms with E-state index in [0.717, 1.165) is 19.4 Å². The molecular formula is C18H20N2S. The van der Waals surface area contributed by atoms with E-state index in [4.69, 9.17) is 0 Å². The summed E-state index contributed by atoms with van der Waals surface area (Å²) in [6.45, 7) is 3.26. The van der Waals surface area contributed by atoms with Gasteiger partial charge in [-0.05, 0) is 54.6 Å². The molecule has 2 nitrogen and oxygen atoms in total. The summed E-state index contributed by atoms with van der Waals surface area (Å²) in [6.07, 6.45) is 5.90. The number of hydrogen-bond acceptors (Lipinski definition) is 3. The van der Waals surface area contributed by atoms with E-state index in [2.05, 4.69) is 59.7 Å². The SMILES string of the molecule is CCCNC(Cc1ccncc1)c1cc2ccccc2s1. The topological polar surface area (TPSA) is 24.9 Å². The van der Waals surface area contributed by atoms with Crippen LogP contribution in [0.2, 0.25) is 0 Å². The number of pyridine rings is 1. The zero-order valence-electron chi connectivity index (χ0n) is 12.3. The summed E-state index contributed by atoms with van der Waals surface area (Å²) < 4.78 is 1.37. The van der Waals surface area contributed by atoms with Crippen LogP contribution in [0.1, 0.15) is 29.8 Å². The Hall–Kier alpha value is -1.71. The standard InChI is InChI=1S/C18H20N2S/c1-2-9-20-16(12-14-7-10-19-11-8-14)18-13-15-5-3-4-6-17(15)21-18/h3-8,10-11,13,16,20H,2,9,12H2,1H3. The van der Waals surface area contributed by atoms with Crippen LogP contribution < -0.4 is 5.32 Å². The molecule has 21 heavy (non-hydrogen) atoms. The maximum atomic E-state index is 4.10. The summed E-state index contributed by atoms with van der Waals surface area (Å²) >= 11 is 1.90. The van der Waals surface area contributed by atoms with Gasteiger partial charge in [-0.2, -0.15) is 0 Å². The predicted octanol–water partition coefficient (Wildman–Crippen LogP) is 4.58. The fraction of sp³-hybridized carbons (Fsp3) is 0.278. The van der Waals surface area contributed by atoms with Crippen LogP contribution in [-0.4, -0.2) is 11.5 Å². The lowest BCUT2D eigenvalue weighted by atomic mass is 10.1. The minimum Gasteiger partial charge on any atom is -0.309 e. The fourth-order valence-electron chi connectivity index (χ4n) is 2.52. The first kappa shape index (κ1) is 14.2. The quantitative estimate of drug-likeness (QED) is 0.720. The average molecular weight is 296 g/mol. The highest BCUT2D eigenvalue weighted by Crippen LogP contribution is 2.31. The summed E-state index contributed by atoms with van der Waals surface area (Å²) in [5.74, 6) is 0. The monoisotopic (exact) mass is 296 g/mol. The molecule has 0 radical (unpaired) electrons. The molecule has 0 spiro atoms. The van der Waals surface area contributed by atoms with Crippen LogP contribution in [0.15, 0.2) is 54.9 Å². The van der Waals surface area contributed by atoms with Crippen LogP contribution in [-0.2, 0) is 6.42 Å². The zero-order valence-corrected chi connectivity index (χ0v) is 13.1. The van der Waals surface area contributed by atoms with Gasteiger partial charge in [0.25, 0.3) is 0 Å². The van der Waals surface area contributed by atoms with Gasteiger partial charge >= 0.3 is 0 Å². The summed E-state index contributed by atoms with van der Waals surface area (Å²) in [5, 5.41) is 5.03. The molecule has 0 aliphatic rings. The number of fused-ring (bicyclic) bond motifs is 1. The maximum absolute atomic E-state index is 4.10. The third-order valence-electron chi connectivity index (χ3n) is 3.62. The van der Waals surface area contributed by atoms with E-state index >= 15 is 0 Å². The number of rotatable bonds is 6. The third-order valence-corrected chi connectivity index (χ3v) is 4.85. The van der Waals surface area contributed by atoms with E-state index in [1.807, 2.05) is 23.7 Å². The van der Waals surface area contributed by atoms with E-state index < -0.39 is 0 Å². The second-order valence-corrected chi connectivity index (χ2v) is 6.37. The van der Waals surface area contributed by atoms with Crippen molar-refractivity contribution < 1.29 is 0 Å². The van der Waals surface area contributed by atoms with Gasteiger partial charge in [0.05, 0.1) is 0 Å². The van der Waals surface area contributed by atoms with Gasteiger partial charge in [-0.15, -0.1) is 11.3 Å². The van der Waals surface area contributed by atoms with Crippen molar-refractivity contribution in [2.45, 2.75) is 25.8 Å². The number of hydrogen-bond donors (Lipinski definition) is 1. The highest BCUT2D eigenvalue weighted by molar-refractivity contribution is 7.19. The third kappa shape index (κ3) is 3.49. The highest BCUT2D eigenvalue weighted by Gasteiger charge is 2.14. The molecule has 1 N–H and O–H groups in total. The Balaban J connectivity index is 1.87. The molecule has 0 aliphatic heterocycles. The van der Waals surface area contributed by atoms with Crippen molar-refractivity contribution in [2.24, 2.45) is 0 Å². The summed E-state index contributed by atoms with van der Waals surface area (Å²) in [6, 6.07) is 15.5. The molecule has 0 amide bonds. The van der Waals surface area contributed by atoms with Crippen LogP contribution in [0, 0.1) is 0 Å². The Kier molecular flexibility index (Phi) is 4.63. The Bertz CT molecular complexity index is 658. The van der Waals surface area contributed by atoms with Crippen molar-refractivity contribution in [3.05, 3.63) is 65.3 Å². The van der Waals surface area contributed by atoms with E-state index in [1.165, 1.54) is 20.5 Å². The Morgan fingerprint density at radius 3 is 2.71 bits per heavy atom. The Labute approximate surface area is 129 Å². The van der Waals surface area contributed by atoms with Crippen molar-refractivity contribution >= 4 is 21.4 Å². The average Bonchev–Trinajstić information content (AvgIpc) is 2.96. The lowest BCUT2D eigenvalue weighted by Crippen LogP contribution is -2.23. The first-order chi connectivity index (χ1) is 10.4. The molecule has 1 unspecified atom stereocenters. The molecule has 2 aromatic heterocycles. The number of thiophene rings is 1. The molecule has 108 valence electrons. The molecule has 3 rings (SSSR count). The molecule has 0 bridgehead atoms. The molecule has 0 fully saturated rings. The van der Waals surface area contributed by atoms with Gasteiger partial charge in [0.1, 0.15) is 0 Å². The molecule has 3 heteroatoms. The Morgan fingerprint density at radius 1 is 1.14 bits per heavy atom. The molecular weight excluding hydrogens is 276 g/mol. The molecule has 3 aromatic rings. The second kappa shape index (κ2) is 6.83. The van der Waals surface area contributed by atoms with Gasteiger partial charge < -0.3 is 5.32 Å². The summed E-state index contributed by atoms with van der Waals surface area (Å²) in [4.78, 5) is 5.52. The van der Waals surface area contributed by atoms with Gasteiger partial charge in [0.15, 0.2) is 0 Å². The van der Waals surface area contributed by atoms with Crippen LogP contribution >= 0.6 is 11.3 Å². The van der Waals surface area contributed by atoms with E-state index in [-0.39, 0.29) is 0 Å². The number of benzene rings is 1. The molecule has 0 saturated heterocycles. The lowest BCUT2D eigenvalue weighted by Gasteiger charge is -2.17. The first-order valence-electron chi connectivity index (χ1n) is 7.47. The molecule has 1 atom stereocenters. The van der Waals surface area contributed by atoms with Gasteiger partial charge in [-0.25, -0.2) is 0 Å². The predicted molar refractivity (Wildman–Crippen MR) is 90.8 cm³/mol. The van der Waals surface area contributed by atoms with Gasteiger partial charge in [-0.3, -0.25) is 4.98 Å². The number of aromatic nitrogens is 1. The van der Waals surface area contributed by atoms with Crippen LogP contribution in [0.3, 0.4) is 0 Å². The van der Waals surface area contributed by atoms with Crippen molar-refractivity contribution in [2.75, 3.05) is 6.54 Å². The van der Waals surface area contributed by atoms with Gasteiger partial charge in [-0.1, -0.05) is 25.1 Å². The van der Waals surface area contributed by atoms with Gasteiger partial charge in [0, 0.05) is 28.0 Å². The van der Waals surface area contributed by atoms with Crippen LogP contribution in [0.25, 0.3) is 10.1 Å². The van der Waals surface area contributed by atoms with E-state index in [1.54, 1.807) is 0 Å². The van der Waals surface area contributed by atoms with E-state index in [0.29, 0.717) is 6.04 Å². The highest BCUT2D eigenvalue weighted by atomic mass is 32.1. The molecule has 0 saturated carbocycles. The summed E-state index contributed by atoms with van der Waals surface area (Å²) in [7, 11) is 0. The molecule has 1 aromatic carbocycles. The minimum absolute atomic E-state index is 0.379. The molecule has 0 aliphatic carbocycles. The van der Waals surface area contributed by atoms with Crippen molar-refractivity contribution in [3.8, 4) is 0 Å². The van der Waals surface area contributed by atoms with E-state index in [9.17, 15) is 0 Å². The van der Waals surface area contributed by atoms with Crippen molar-refractivity contribution in [1.82, 2.24) is 10.3 Å². The van der Waals surface area contributed by atoms with Crippen LogP contribution in [0.4, 0.5) is 0 Å². The molecule has 2 heterocycles. The van der Waals surface area contributed by atoms with Crippen LogP contribution in [0.5, 0.6) is 0 Å². The first-order valence-corrected chi connectivity index (χ1v) is 8.29. The largest absolute Gasteiger partial charge is 0.309 e. The van der Waals surface area contributed by atoms with Gasteiger partial charge in [0.2, 0.25) is 0 Å². The lowest BCUT2D eigenvalue weighted by molar-refractivity contribution is 0.536. The maximum Gasteiger partial charge on any atom is 0.0456 e. The van der Waals surface area contributed by atoms with Crippen molar-refractivity contribution in [3.63, 3.8) is 0 Å². The Morgan fingerprint density at radius 2 is 1.95 bits per heavy atom. The number of nitrogens with zero attached hydrogens (tertiary/aromatic N) is 1. The fourth-order valence-corrected chi connectivity index (χ4v) is 3.66. The summed E-state index contributed by atoms with van der Waals surface area (Å²) in [5.41, 5.74) is 1.33. The smallest absolute Gasteiger partial charge is 0.0456 e. The van der Waals surface area contributed by atoms with Crippen molar-refractivity contribution in [1.29, 1.82) is 0 Å².